The highest BCUT2D eigenvalue weighted by molar-refractivity contribution is 5.73. The quantitative estimate of drug-likeness (QED) is 0.831. The van der Waals surface area contributed by atoms with Crippen molar-refractivity contribution in [1.29, 1.82) is 0 Å². The predicted molar refractivity (Wildman–Crippen MR) is 95.8 cm³/mol. The molecule has 0 unspecified atom stereocenters. The fraction of sp³-hybridized carbons (Fsp3) is 0.400. The molecule has 2 aliphatic heterocycles. The minimum absolute atomic E-state index is 0.0628. The number of rotatable bonds is 2. The van der Waals surface area contributed by atoms with Gasteiger partial charge in [0.1, 0.15) is 11.6 Å². The first-order chi connectivity index (χ1) is 12.5. The van der Waals surface area contributed by atoms with Crippen LogP contribution in [0.15, 0.2) is 35.1 Å². The zero-order valence-corrected chi connectivity index (χ0v) is 14.9. The number of halogens is 1. The maximum Gasteiger partial charge on any atom is 0.251 e. The first-order valence-corrected chi connectivity index (χ1v) is 8.80. The summed E-state index contributed by atoms with van der Waals surface area (Å²) in [7, 11) is 1.49. The minimum atomic E-state index is -0.420. The van der Waals surface area contributed by atoms with E-state index in [-0.39, 0.29) is 17.4 Å². The lowest BCUT2D eigenvalue weighted by Crippen LogP contribution is -2.48. The van der Waals surface area contributed by atoms with Gasteiger partial charge in [-0.2, -0.15) is 0 Å². The van der Waals surface area contributed by atoms with Gasteiger partial charge in [0.2, 0.25) is 5.91 Å². The zero-order chi connectivity index (χ0) is 18.4. The largest absolute Gasteiger partial charge is 0.497 e. The maximum absolute atomic E-state index is 14.5. The molecular weight excluding hydrogens is 335 g/mol. The van der Waals surface area contributed by atoms with Gasteiger partial charge in [-0.3, -0.25) is 9.59 Å². The zero-order valence-electron chi connectivity index (χ0n) is 14.9. The van der Waals surface area contributed by atoms with Gasteiger partial charge in [0, 0.05) is 55.9 Å². The number of piperidine rings is 1. The highest BCUT2D eigenvalue weighted by Gasteiger charge is 2.35. The van der Waals surface area contributed by atoms with Crippen LogP contribution in [-0.2, 0) is 11.3 Å². The van der Waals surface area contributed by atoms with Crippen molar-refractivity contribution in [2.75, 3.05) is 20.2 Å². The number of hydrogen-bond donors (Lipinski definition) is 0. The number of aromatic nitrogens is 1. The molecule has 6 heteroatoms. The molecule has 2 aromatic rings. The Balaban J connectivity index is 1.78. The summed E-state index contributed by atoms with van der Waals surface area (Å²) in [5.41, 5.74) is 1.73. The van der Waals surface area contributed by atoms with Gasteiger partial charge in [-0.25, -0.2) is 4.39 Å². The van der Waals surface area contributed by atoms with E-state index in [9.17, 15) is 14.0 Å². The molecule has 1 aromatic heterocycles. The normalized spacial score (nSPS) is 21.3. The van der Waals surface area contributed by atoms with Crippen LogP contribution in [0.25, 0.3) is 11.1 Å². The van der Waals surface area contributed by atoms with Gasteiger partial charge < -0.3 is 14.2 Å². The Morgan fingerprint density at radius 3 is 2.69 bits per heavy atom. The number of ether oxygens (including phenoxy) is 1. The van der Waals surface area contributed by atoms with Crippen molar-refractivity contribution in [3.8, 4) is 16.9 Å². The standard InChI is InChI=1S/C20H21FN2O3/c1-12(24)22-9-13-5-15(11-22)19-6-14(7-20(25)23(19)10-13)17-4-3-16(26-2)8-18(17)21/h3-4,6-8,13,15H,5,9-11H2,1-2H3/t13-,15+/m0/s1. The number of likely N-dealkylation sites (tertiary alicyclic amines) is 1. The van der Waals surface area contributed by atoms with E-state index >= 15 is 0 Å². The molecule has 4 rings (SSSR count). The number of hydrogen-bond acceptors (Lipinski definition) is 3. The third kappa shape index (κ3) is 2.79. The van der Waals surface area contributed by atoms with Crippen LogP contribution in [0.4, 0.5) is 4.39 Å². The van der Waals surface area contributed by atoms with Crippen LogP contribution in [0.5, 0.6) is 5.75 Å². The van der Waals surface area contributed by atoms with Crippen molar-refractivity contribution in [1.82, 2.24) is 9.47 Å². The highest BCUT2D eigenvalue weighted by atomic mass is 19.1. The molecule has 0 N–H and O–H groups in total. The molecule has 2 bridgehead atoms. The SMILES string of the molecule is COc1ccc(-c2cc3n(c(=O)c2)C[C@H]2C[C@@H]3CN(C(C)=O)C2)c(F)c1. The fourth-order valence-corrected chi connectivity index (χ4v) is 4.23. The van der Waals surface area contributed by atoms with Gasteiger partial charge in [-0.15, -0.1) is 0 Å². The van der Waals surface area contributed by atoms with Crippen LogP contribution < -0.4 is 10.3 Å². The van der Waals surface area contributed by atoms with E-state index in [4.69, 9.17) is 4.74 Å². The van der Waals surface area contributed by atoms with Crippen LogP contribution in [0.2, 0.25) is 0 Å². The first kappa shape index (κ1) is 16.8. The molecule has 26 heavy (non-hydrogen) atoms. The molecule has 0 radical (unpaired) electrons. The number of methoxy groups -OCH3 is 1. The number of carbonyl (C=O) groups excluding carboxylic acids is 1. The first-order valence-electron chi connectivity index (χ1n) is 8.80. The number of nitrogens with zero attached hydrogens (tertiary/aromatic N) is 2. The van der Waals surface area contributed by atoms with Crippen LogP contribution >= 0.6 is 0 Å². The molecule has 1 aromatic carbocycles. The molecule has 1 saturated heterocycles. The predicted octanol–water partition coefficient (Wildman–Crippen LogP) is 2.63. The van der Waals surface area contributed by atoms with Gasteiger partial charge in [0.15, 0.2) is 0 Å². The van der Waals surface area contributed by atoms with Crippen molar-refractivity contribution in [3.63, 3.8) is 0 Å². The van der Waals surface area contributed by atoms with Gasteiger partial charge in [0.25, 0.3) is 5.56 Å². The van der Waals surface area contributed by atoms with Crippen molar-refractivity contribution in [2.24, 2.45) is 5.92 Å². The minimum Gasteiger partial charge on any atom is -0.497 e. The van der Waals surface area contributed by atoms with Crippen LogP contribution in [-0.4, -0.2) is 35.6 Å². The van der Waals surface area contributed by atoms with E-state index in [0.29, 0.717) is 42.4 Å². The molecule has 0 spiro atoms. The Morgan fingerprint density at radius 2 is 2.00 bits per heavy atom. The average Bonchev–Trinajstić information content (AvgIpc) is 2.62. The molecule has 1 amide bonds. The molecule has 136 valence electrons. The third-order valence-corrected chi connectivity index (χ3v) is 5.49. The van der Waals surface area contributed by atoms with Crippen LogP contribution in [0, 0.1) is 11.7 Å². The molecule has 5 nitrogen and oxygen atoms in total. The molecular formula is C20H21FN2O3. The summed E-state index contributed by atoms with van der Waals surface area (Å²) in [6.45, 7) is 3.50. The smallest absolute Gasteiger partial charge is 0.251 e. The van der Waals surface area contributed by atoms with Crippen molar-refractivity contribution in [3.05, 3.63) is 52.2 Å². The van der Waals surface area contributed by atoms with Crippen molar-refractivity contribution in [2.45, 2.75) is 25.8 Å². The summed E-state index contributed by atoms with van der Waals surface area (Å²) in [5.74, 6) is 0.490. The van der Waals surface area contributed by atoms with Gasteiger partial charge in [-0.1, -0.05) is 0 Å². The Bertz CT molecular complexity index is 937. The Kier molecular flexibility index (Phi) is 4.05. The second-order valence-corrected chi connectivity index (χ2v) is 7.19. The lowest BCUT2D eigenvalue weighted by Gasteiger charge is -2.42. The van der Waals surface area contributed by atoms with E-state index in [1.54, 1.807) is 23.6 Å². The average molecular weight is 356 g/mol. The Hall–Kier alpha value is -2.63. The van der Waals surface area contributed by atoms with Crippen LogP contribution in [0.1, 0.15) is 25.0 Å². The second kappa shape index (κ2) is 6.27. The number of pyridine rings is 1. The molecule has 0 saturated carbocycles. The van der Waals surface area contributed by atoms with E-state index in [2.05, 4.69) is 0 Å². The molecule has 3 heterocycles. The van der Waals surface area contributed by atoms with Crippen molar-refractivity contribution < 1.29 is 13.9 Å². The topological polar surface area (TPSA) is 51.5 Å². The summed E-state index contributed by atoms with van der Waals surface area (Å²) >= 11 is 0. The molecule has 1 fully saturated rings. The number of fused-ring (bicyclic) bond motifs is 4. The summed E-state index contributed by atoms with van der Waals surface area (Å²) in [5, 5.41) is 0. The Labute approximate surface area is 151 Å². The lowest BCUT2D eigenvalue weighted by molar-refractivity contribution is -0.131. The third-order valence-electron chi connectivity index (χ3n) is 5.49. The molecule has 2 atom stereocenters. The van der Waals surface area contributed by atoms with E-state index in [1.807, 2.05) is 11.0 Å². The van der Waals surface area contributed by atoms with Gasteiger partial charge >= 0.3 is 0 Å². The highest BCUT2D eigenvalue weighted by Crippen LogP contribution is 2.37. The summed E-state index contributed by atoms with van der Waals surface area (Å²) in [6.07, 6.45) is 0.956. The summed E-state index contributed by atoms with van der Waals surface area (Å²) in [6, 6.07) is 8.04. The number of benzene rings is 1. The lowest BCUT2D eigenvalue weighted by atomic mass is 9.82. The van der Waals surface area contributed by atoms with Gasteiger partial charge in [0.05, 0.1) is 7.11 Å². The fourth-order valence-electron chi connectivity index (χ4n) is 4.23. The van der Waals surface area contributed by atoms with E-state index in [1.165, 1.54) is 19.2 Å². The monoisotopic (exact) mass is 356 g/mol. The summed E-state index contributed by atoms with van der Waals surface area (Å²) in [4.78, 5) is 26.3. The Morgan fingerprint density at radius 1 is 1.19 bits per heavy atom. The number of amides is 1. The molecule has 0 aliphatic carbocycles. The number of carbonyl (C=O) groups is 1. The van der Waals surface area contributed by atoms with Crippen molar-refractivity contribution >= 4 is 5.91 Å². The van der Waals surface area contributed by atoms with E-state index < -0.39 is 5.82 Å². The van der Waals surface area contributed by atoms with E-state index in [0.717, 1.165) is 12.1 Å². The maximum atomic E-state index is 14.5. The second-order valence-electron chi connectivity index (χ2n) is 7.19. The summed E-state index contributed by atoms with van der Waals surface area (Å²) < 4.78 is 21.3. The molecule has 2 aliphatic rings. The van der Waals surface area contributed by atoms with Crippen LogP contribution in [0.3, 0.4) is 0 Å². The van der Waals surface area contributed by atoms with Gasteiger partial charge in [-0.05, 0) is 36.1 Å².